The number of carbonyl (C=O) groups excluding carboxylic acids is 1. The Hall–Kier alpha value is -4.60. The Balaban J connectivity index is 1.83. The molecule has 5 rings (SSSR count). The molecule has 1 unspecified atom stereocenters. The second-order valence-corrected chi connectivity index (χ2v) is 10.6. The lowest BCUT2D eigenvalue weighted by atomic mass is 9.98. The van der Waals surface area contributed by atoms with E-state index in [1.54, 1.807) is 4.90 Å². The summed E-state index contributed by atoms with van der Waals surface area (Å²) in [7, 11) is 0. The molecule has 10 heteroatoms. The van der Waals surface area contributed by atoms with Crippen LogP contribution in [0.3, 0.4) is 0 Å². The lowest BCUT2D eigenvalue weighted by Crippen LogP contribution is -2.54. The van der Waals surface area contributed by atoms with Crippen molar-refractivity contribution in [1.82, 2.24) is 19.4 Å². The predicted molar refractivity (Wildman–Crippen MR) is 155 cm³/mol. The van der Waals surface area contributed by atoms with Gasteiger partial charge in [-0.15, -0.1) is 0 Å². The quantitative estimate of drug-likeness (QED) is 0.343. The minimum atomic E-state index is -0.881. The number of pyridine rings is 1. The highest BCUT2D eigenvalue weighted by atomic mass is 19.1. The van der Waals surface area contributed by atoms with E-state index >= 15 is 4.39 Å². The van der Waals surface area contributed by atoms with Crippen molar-refractivity contribution in [1.29, 1.82) is 0 Å². The molecule has 4 aromatic rings. The third-order valence-electron chi connectivity index (χ3n) is 7.53. The number of aromatic hydroxyl groups is 1. The summed E-state index contributed by atoms with van der Waals surface area (Å²) in [5.74, 6) is -2.17. The summed E-state index contributed by atoms with van der Waals surface area (Å²) in [6.07, 6.45) is 1.25. The Morgan fingerprint density at radius 2 is 1.85 bits per heavy atom. The standard InChI is InChI=1S/C31H31F2N5O3/c1-6-25(40)36-13-14-37(19(5)16-36)29-21-15-23(33)27(26-22(32)11-8-12-24(26)39)34-30(21)38(31(41)35-29)28-18(4)9-7-10-20(28)17(2)3/h6-12,15,17,19,39H,1,13-14,16H2,2-5H3. The molecule has 1 N–H and O–H groups in total. The van der Waals surface area contributed by atoms with E-state index < -0.39 is 34.3 Å². The van der Waals surface area contributed by atoms with Gasteiger partial charge >= 0.3 is 5.69 Å². The van der Waals surface area contributed by atoms with E-state index in [0.717, 1.165) is 17.2 Å². The third-order valence-corrected chi connectivity index (χ3v) is 7.53. The first-order chi connectivity index (χ1) is 19.5. The maximum absolute atomic E-state index is 15.8. The number of aryl methyl sites for hydroxylation is 1. The molecule has 8 nitrogen and oxygen atoms in total. The van der Waals surface area contributed by atoms with Gasteiger partial charge in [0.1, 0.15) is 23.1 Å². The molecule has 0 saturated carbocycles. The van der Waals surface area contributed by atoms with E-state index in [1.165, 1.54) is 28.8 Å². The van der Waals surface area contributed by atoms with Crippen LogP contribution in [0.2, 0.25) is 0 Å². The van der Waals surface area contributed by atoms with Crippen molar-refractivity contribution in [3.63, 3.8) is 0 Å². The monoisotopic (exact) mass is 559 g/mol. The van der Waals surface area contributed by atoms with E-state index in [9.17, 15) is 19.1 Å². The van der Waals surface area contributed by atoms with E-state index in [0.29, 0.717) is 25.3 Å². The highest BCUT2D eigenvalue weighted by molar-refractivity contribution is 5.91. The number of hydrogen-bond acceptors (Lipinski definition) is 6. The van der Waals surface area contributed by atoms with Gasteiger partial charge in [0.15, 0.2) is 11.5 Å². The van der Waals surface area contributed by atoms with Crippen molar-refractivity contribution in [3.05, 3.63) is 88.4 Å². The van der Waals surface area contributed by atoms with Crippen molar-refractivity contribution in [2.75, 3.05) is 24.5 Å². The summed E-state index contributed by atoms with van der Waals surface area (Å²) >= 11 is 0. The lowest BCUT2D eigenvalue weighted by Gasteiger charge is -2.40. The molecule has 1 saturated heterocycles. The summed E-state index contributed by atoms with van der Waals surface area (Å²) in [5, 5.41) is 10.7. The maximum Gasteiger partial charge on any atom is 0.355 e. The molecule has 0 bridgehead atoms. The Bertz CT molecular complexity index is 1730. The molecule has 212 valence electrons. The van der Waals surface area contributed by atoms with Crippen LogP contribution in [-0.4, -0.2) is 56.1 Å². The molecule has 1 atom stereocenters. The van der Waals surface area contributed by atoms with Crippen molar-refractivity contribution in [3.8, 4) is 22.7 Å². The topological polar surface area (TPSA) is 91.6 Å². The number of carbonyl (C=O) groups is 1. The molecule has 41 heavy (non-hydrogen) atoms. The first-order valence-corrected chi connectivity index (χ1v) is 13.4. The van der Waals surface area contributed by atoms with E-state index in [2.05, 4.69) is 16.5 Å². The van der Waals surface area contributed by atoms with Gasteiger partial charge in [0.2, 0.25) is 5.91 Å². The minimum Gasteiger partial charge on any atom is -0.507 e. The van der Waals surface area contributed by atoms with Crippen LogP contribution in [0.25, 0.3) is 28.0 Å². The van der Waals surface area contributed by atoms with Gasteiger partial charge < -0.3 is 14.9 Å². The number of hydrogen-bond donors (Lipinski definition) is 1. The Labute approximate surface area is 236 Å². The van der Waals surface area contributed by atoms with Gasteiger partial charge in [-0.05, 0) is 55.2 Å². The smallest absolute Gasteiger partial charge is 0.355 e. The second-order valence-electron chi connectivity index (χ2n) is 10.6. The first kappa shape index (κ1) is 27.9. The third kappa shape index (κ3) is 4.83. The fourth-order valence-corrected chi connectivity index (χ4v) is 5.50. The predicted octanol–water partition coefficient (Wildman–Crippen LogP) is 5.09. The van der Waals surface area contributed by atoms with Gasteiger partial charge in [-0.25, -0.2) is 23.1 Å². The molecule has 3 heterocycles. The van der Waals surface area contributed by atoms with Crippen LogP contribution in [0.15, 0.2) is 59.9 Å². The molecule has 1 amide bonds. The summed E-state index contributed by atoms with van der Waals surface area (Å²) in [4.78, 5) is 38.6. The number of piperazine rings is 1. The fraction of sp³-hybridized carbons (Fsp3) is 0.290. The average molecular weight is 560 g/mol. The number of phenolic OH excluding ortho intramolecular Hbond substituents is 1. The van der Waals surface area contributed by atoms with Crippen LogP contribution in [0.4, 0.5) is 14.6 Å². The van der Waals surface area contributed by atoms with Crippen LogP contribution in [-0.2, 0) is 4.79 Å². The zero-order valence-electron chi connectivity index (χ0n) is 23.4. The first-order valence-electron chi connectivity index (χ1n) is 13.4. The molecule has 2 aromatic carbocycles. The van der Waals surface area contributed by atoms with Gasteiger partial charge in [-0.2, -0.15) is 4.98 Å². The SMILES string of the molecule is C=CC(=O)N1CCN(c2nc(=O)n(-c3c(C)cccc3C(C)C)c3nc(-c4c(O)cccc4F)c(F)cc23)C(C)C1. The molecule has 1 aliphatic rings. The van der Waals surface area contributed by atoms with Crippen molar-refractivity contribution < 1.29 is 18.7 Å². The van der Waals surface area contributed by atoms with Crippen molar-refractivity contribution in [2.24, 2.45) is 0 Å². The van der Waals surface area contributed by atoms with E-state index in [-0.39, 0.29) is 34.7 Å². The molecule has 0 radical (unpaired) electrons. The number of para-hydroxylation sites is 1. The Morgan fingerprint density at radius 1 is 1.12 bits per heavy atom. The minimum absolute atomic E-state index is 0.0255. The van der Waals surface area contributed by atoms with Gasteiger partial charge in [-0.3, -0.25) is 4.79 Å². The summed E-state index contributed by atoms with van der Waals surface area (Å²) < 4.78 is 32.1. The Kier molecular flexibility index (Phi) is 7.33. The zero-order chi connectivity index (χ0) is 29.6. The zero-order valence-corrected chi connectivity index (χ0v) is 23.4. The molecular formula is C31H31F2N5O3. The van der Waals surface area contributed by atoms with Crippen LogP contribution >= 0.6 is 0 Å². The largest absolute Gasteiger partial charge is 0.507 e. The van der Waals surface area contributed by atoms with Gasteiger partial charge in [0.25, 0.3) is 0 Å². The number of nitrogens with zero attached hydrogens (tertiary/aromatic N) is 5. The summed E-state index contributed by atoms with van der Waals surface area (Å²) in [6, 6.07) is 10.2. The van der Waals surface area contributed by atoms with Crippen LogP contribution in [0.1, 0.15) is 37.8 Å². The molecule has 2 aromatic heterocycles. The molecule has 0 aliphatic carbocycles. The maximum atomic E-state index is 15.8. The van der Waals surface area contributed by atoms with Gasteiger partial charge in [-0.1, -0.05) is 44.7 Å². The summed E-state index contributed by atoms with van der Waals surface area (Å²) in [6.45, 7) is 12.3. The van der Waals surface area contributed by atoms with E-state index in [4.69, 9.17) is 0 Å². The van der Waals surface area contributed by atoms with Crippen molar-refractivity contribution in [2.45, 2.75) is 39.7 Å². The van der Waals surface area contributed by atoms with Gasteiger partial charge in [0.05, 0.1) is 16.6 Å². The number of anilines is 1. The molecular weight excluding hydrogens is 528 g/mol. The summed E-state index contributed by atoms with van der Waals surface area (Å²) in [5.41, 5.74) is 0.814. The molecule has 0 spiro atoms. The van der Waals surface area contributed by atoms with Crippen LogP contribution < -0.4 is 10.6 Å². The number of phenols is 1. The highest BCUT2D eigenvalue weighted by Crippen LogP contribution is 2.37. The normalized spacial score (nSPS) is 15.5. The lowest BCUT2D eigenvalue weighted by molar-refractivity contribution is -0.126. The number of rotatable bonds is 5. The second kappa shape index (κ2) is 10.8. The number of fused-ring (bicyclic) bond motifs is 1. The average Bonchev–Trinajstić information content (AvgIpc) is 2.93. The molecule has 1 aliphatic heterocycles. The molecule has 1 fully saturated rings. The highest BCUT2D eigenvalue weighted by Gasteiger charge is 2.31. The van der Waals surface area contributed by atoms with Crippen molar-refractivity contribution >= 4 is 22.8 Å². The Morgan fingerprint density at radius 3 is 2.51 bits per heavy atom. The van der Waals surface area contributed by atoms with Crippen LogP contribution in [0, 0.1) is 18.6 Å². The van der Waals surface area contributed by atoms with E-state index in [1.807, 2.05) is 50.8 Å². The number of halogens is 2. The fourth-order valence-electron chi connectivity index (χ4n) is 5.50. The number of benzene rings is 2. The van der Waals surface area contributed by atoms with Crippen LogP contribution in [0.5, 0.6) is 5.75 Å². The number of amides is 1. The number of aromatic nitrogens is 3. The van der Waals surface area contributed by atoms with Gasteiger partial charge in [0, 0.05) is 25.7 Å².